The molecule has 0 atom stereocenters. The standard InChI is InChI=1S/C14H16F3N3O2/c15-14(16,17)13(22)20-11-4-2-1-3-10(11)19-12(21)9-5-7-18-8-6-9/h1-4,9,18H,5-8H2,(H,19,21)(H,20,22). The van der Waals surface area contributed by atoms with E-state index in [4.69, 9.17) is 0 Å². The molecule has 0 spiro atoms. The summed E-state index contributed by atoms with van der Waals surface area (Å²) in [6.45, 7) is 1.45. The van der Waals surface area contributed by atoms with Crippen LogP contribution in [0, 0.1) is 5.92 Å². The van der Waals surface area contributed by atoms with Gasteiger partial charge in [-0.05, 0) is 38.1 Å². The first kappa shape index (κ1) is 16.3. The molecule has 5 nitrogen and oxygen atoms in total. The second-order valence-corrected chi connectivity index (χ2v) is 5.01. The quantitative estimate of drug-likeness (QED) is 0.800. The summed E-state index contributed by atoms with van der Waals surface area (Å²) in [5.74, 6) is -2.51. The number of hydrogen-bond acceptors (Lipinski definition) is 3. The van der Waals surface area contributed by atoms with E-state index >= 15 is 0 Å². The van der Waals surface area contributed by atoms with Crippen LogP contribution < -0.4 is 16.0 Å². The molecule has 2 amide bonds. The average Bonchev–Trinajstić information content (AvgIpc) is 2.49. The van der Waals surface area contributed by atoms with Gasteiger partial charge in [0.25, 0.3) is 0 Å². The number of carbonyl (C=O) groups excluding carboxylic acids is 2. The zero-order valence-electron chi connectivity index (χ0n) is 11.7. The zero-order chi connectivity index (χ0) is 16.2. The van der Waals surface area contributed by atoms with Gasteiger partial charge in [0.2, 0.25) is 5.91 Å². The number of hydrogen-bond donors (Lipinski definition) is 3. The van der Waals surface area contributed by atoms with E-state index in [-0.39, 0.29) is 23.2 Å². The number of alkyl halides is 3. The minimum Gasteiger partial charge on any atom is -0.324 e. The van der Waals surface area contributed by atoms with E-state index in [1.54, 1.807) is 11.4 Å². The molecular formula is C14H16F3N3O2. The highest BCUT2D eigenvalue weighted by molar-refractivity contribution is 6.01. The molecule has 1 aliphatic rings. The Balaban J connectivity index is 2.07. The molecule has 0 bridgehead atoms. The highest BCUT2D eigenvalue weighted by Gasteiger charge is 2.39. The maximum absolute atomic E-state index is 12.3. The number of amides is 2. The summed E-state index contributed by atoms with van der Waals surface area (Å²) < 4.78 is 36.9. The molecule has 1 heterocycles. The van der Waals surface area contributed by atoms with Crippen LogP contribution in [0.15, 0.2) is 24.3 Å². The third-order valence-corrected chi connectivity index (χ3v) is 3.40. The molecule has 1 fully saturated rings. The number of piperidine rings is 1. The number of carbonyl (C=O) groups is 2. The van der Waals surface area contributed by atoms with Crippen molar-refractivity contribution in [3.05, 3.63) is 24.3 Å². The van der Waals surface area contributed by atoms with Crippen molar-refractivity contribution in [2.24, 2.45) is 5.92 Å². The molecule has 0 unspecified atom stereocenters. The van der Waals surface area contributed by atoms with Crippen LogP contribution in [-0.4, -0.2) is 31.1 Å². The molecular weight excluding hydrogens is 299 g/mol. The van der Waals surface area contributed by atoms with Crippen molar-refractivity contribution in [3.8, 4) is 0 Å². The van der Waals surface area contributed by atoms with Crippen LogP contribution in [-0.2, 0) is 9.59 Å². The van der Waals surface area contributed by atoms with E-state index in [1.165, 1.54) is 18.2 Å². The summed E-state index contributed by atoms with van der Waals surface area (Å²) in [4.78, 5) is 23.1. The molecule has 1 saturated heterocycles. The van der Waals surface area contributed by atoms with Gasteiger partial charge in [-0.1, -0.05) is 12.1 Å². The number of anilines is 2. The van der Waals surface area contributed by atoms with Gasteiger partial charge in [0.05, 0.1) is 11.4 Å². The van der Waals surface area contributed by atoms with Gasteiger partial charge in [-0.25, -0.2) is 0 Å². The average molecular weight is 315 g/mol. The maximum atomic E-state index is 12.3. The topological polar surface area (TPSA) is 70.2 Å². The van der Waals surface area contributed by atoms with Crippen molar-refractivity contribution in [1.82, 2.24) is 5.32 Å². The smallest absolute Gasteiger partial charge is 0.324 e. The fourth-order valence-corrected chi connectivity index (χ4v) is 2.21. The first-order valence-electron chi connectivity index (χ1n) is 6.86. The second kappa shape index (κ2) is 6.78. The number of benzene rings is 1. The van der Waals surface area contributed by atoms with Crippen molar-refractivity contribution in [2.75, 3.05) is 23.7 Å². The third kappa shape index (κ3) is 4.20. The van der Waals surface area contributed by atoms with Crippen LogP contribution >= 0.6 is 0 Å². The molecule has 1 aliphatic heterocycles. The molecule has 0 saturated carbocycles. The molecule has 3 N–H and O–H groups in total. The lowest BCUT2D eigenvalue weighted by atomic mass is 9.97. The number of rotatable bonds is 3. The highest BCUT2D eigenvalue weighted by Crippen LogP contribution is 2.25. The molecule has 22 heavy (non-hydrogen) atoms. The summed E-state index contributed by atoms with van der Waals surface area (Å²) in [5, 5.41) is 7.48. The Hall–Kier alpha value is -2.09. The zero-order valence-corrected chi connectivity index (χ0v) is 11.7. The van der Waals surface area contributed by atoms with Crippen LogP contribution in [0.3, 0.4) is 0 Å². The first-order chi connectivity index (χ1) is 10.4. The van der Waals surface area contributed by atoms with E-state index in [0.717, 1.165) is 13.1 Å². The summed E-state index contributed by atoms with van der Waals surface area (Å²) in [5.41, 5.74) is 0.0794. The van der Waals surface area contributed by atoms with E-state index in [0.29, 0.717) is 12.8 Å². The van der Waals surface area contributed by atoms with Gasteiger partial charge in [-0.2, -0.15) is 13.2 Å². The van der Waals surface area contributed by atoms with Gasteiger partial charge in [-0.15, -0.1) is 0 Å². The van der Waals surface area contributed by atoms with Crippen molar-refractivity contribution in [1.29, 1.82) is 0 Å². The molecule has 8 heteroatoms. The number of halogens is 3. The highest BCUT2D eigenvalue weighted by atomic mass is 19.4. The molecule has 120 valence electrons. The molecule has 0 aliphatic carbocycles. The Morgan fingerprint density at radius 3 is 2.14 bits per heavy atom. The molecule has 0 radical (unpaired) electrons. The Labute approximate surface area is 125 Å². The molecule has 1 aromatic rings. The third-order valence-electron chi connectivity index (χ3n) is 3.40. The summed E-state index contributed by atoms with van der Waals surface area (Å²) >= 11 is 0. The van der Waals surface area contributed by atoms with Crippen molar-refractivity contribution in [2.45, 2.75) is 19.0 Å². The number of para-hydroxylation sites is 2. The van der Waals surface area contributed by atoms with E-state index in [2.05, 4.69) is 10.6 Å². The van der Waals surface area contributed by atoms with Gasteiger partial charge in [-0.3, -0.25) is 9.59 Å². The maximum Gasteiger partial charge on any atom is 0.471 e. The Kier molecular flexibility index (Phi) is 5.02. The fraction of sp³-hybridized carbons (Fsp3) is 0.429. The summed E-state index contributed by atoms with van der Waals surface area (Å²) in [6, 6.07) is 5.81. The predicted octanol–water partition coefficient (Wildman–Crippen LogP) is 2.13. The van der Waals surface area contributed by atoms with E-state index in [1.807, 2.05) is 0 Å². The van der Waals surface area contributed by atoms with Gasteiger partial charge >= 0.3 is 12.1 Å². The summed E-state index contributed by atoms with van der Waals surface area (Å²) in [6.07, 6.45) is -3.64. The lowest BCUT2D eigenvalue weighted by Crippen LogP contribution is -2.35. The monoisotopic (exact) mass is 315 g/mol. The van der Waals surface area contributed by atoms with Crippen LogP contribution in [0.1, 0.15) is 12.8 Å². The molecule has 2 rings (SSSR count). The van der Waals surface area contributed by atoms with Gasteiger partial charge in [0.15, 0.2) is 0 Å². The van der Waals surface area contributed by atoms with Gasteiger partial charge < -0.3 is 16.0 Å². The van der Waals surface area contributed by atoms with Crippen molar-refractivity contribution in [3.63, 3.8) is 0 Å². The number of nitrogens with one attached hydrogen (secondary N) is 3. The largest absolute Gasteiger partial charge is 0.471 e. The van der Waals surface area contributed by atoms with Crippen LogP contribution in [0.2, 0.25) is 0 Å². The van der Waals surface area contributed by atoms with Crippen LogP contribution in [0.4, 0.5) is 24.5 Å². The normalized spacial score (nSPS) is 16.1. The fourth-order valence-electron chi connectivity index (χ4n) is 2.21. The Morgan fingerprint density at radius 1 is 1.05 bits per heavy atom. The van der Waals surface area contributed by atoms with Crippen molar-refractivity contribution < 1.29 is 22.8 Å². The van der Waals surface area contributed by atoms with E-state index < -0.39 is 12.1 Å². The predicted molar refractivity (Wildman–Crippen MR) is 75.4 cm³/mol. The van der Waals surface area contributed by atoms with Gasteiger partial charge in [0.1, 0.15) is 0 Å². The summed E-state index contributed by atoms with van der Waals surface area (Å²) in [7, 11) is 0. The van der Waals surface area contributed by atoms with Gasteiger partial charge in [0, 0.05) is 5.92 Å². The minimum absolute atomic E-state index is 0.0768. The SMILES string of the molecule is O=C(Nc1ccccc1NC(=O)C(F)(F)F)C1CCNCC1. The first-order valence-corrected chi connectivity index (χ1v) is 6.86. The van der Waals surface area contributed by atoms with E-state index in [9.17, 15) is 22.8 Å². The van der Waals surface area contributed by atoms with Crippen LogP contribution in [0.25, 0.3) is 0 Å². The lowest BCUT2D eigenvalue weighted by Gasteiger charge is -2.22. The Morgan fingerprint density at radius 2 is 1.59 bits per heavy atom. The Bertz CT molecular complexity index is 555. The minimum atomic E-state index is -4.98. The van der Waals surface area contributed by atoms with Crippen molar-refractivity contribution >= 4 is 23.2 Å². The second-order valence-electron chi connectivity index (χ2n) is 5.01. The van der Waals surface area contributed by atoms with Crippen LogP contribution in [0.5, 0.6) is 0 Å². The lowest BCUT2D eigenvalue weighted by molar-refractivity contribution is -0.167. The molecule has 0 aromatic heterocycles. The molecule has 1 aromatic carbocycles.